The number of halogens is 2. The van der Waals surface area contributed by atoms with E-state index in [1.807, 2.05) is 30.3 Å². The number of aromatic amines is 1. The normalized spacial score (nSPS) is 15.9. The summed E-state index contributed by atoms with van der Waals surface area (Å²) in [5.41, 5.74) is 3.76. The van der Waals surface area contributed by atoms with Crippen molar-refractivity contribution < 1.29 is 27.8 Å². The zero-order chi connectivity index (χ0) is 29.1. The first-order chi connectivity index (χ1) is 19.6. The van der Waals surface area contributed by atoms with Gasteiger partial charge in [-0.3, -0.25) is 4.90 Å². The number of hydrogen-bond donors (Lipinski definition) is 3. The standard InChI is InChI=1S/C29H29Cl2N3O6S/c1-41(37,38)32-17-21(35)13-15-39-22-7-2-18(3-8-22)28-27-24(25-16-20(31)6-11-26(25)33-27)12-14-34(28)29(36)40-23-9-4-19(30)5-10-23/h2-11,16,21,28,32-33,35H,12-15,17H2,1H3. The number of aromatic nitrogens is 1. The number of fused-ring (bicyclic) bond motifs is 3. The second kappa shape index (κ2) is 12.3. The molecule has 41 heavy (non-hydrogen) atoms. The summed E-state index contributed by atoms with van der Waals surface area (Å²) in [4.78, 5) is 18.6. The number of aliphatic hydroxyl groups is 1. The van der Waals surface area contributed by atoms with Crippen molar-refractivity contribution in [3.05, 3.63) is 93.6 Å². The van der Waals surface area contributed by atoms with Crippen molar-refractivity contribution in [2.24, 2.45) is 0 Å². The van der Waals surface area contributed by atoms with Gasteiger partial charge in [0.2, 0.25) is 10.0 Å². The Kier molecular flexibility index (Phi) is 8.77. The number of nitrogens with zero attached hydrogens (tertiary/aromatic N) is 1. The van der Waals surface area contributed by atoms with E-state index >= 15 is 0 Å². The lowest BCUT2D eigenvalue weighted by molar-refractivity contribution is 0.135. The molecule has 0 radical (unpaired) electrons. The summed E-state index contributed by atoms with van der Waals surface area (Å²) in [5.74, 6) is 0.969. The van der Waals surface area contributed by atoms with Crippen LogP contribution in [0.3, 0.4) is 0 Å². The molecule has 0 saturated carbocycles. The Hall–Kier alpha value is -3.28. The summed E-state index contributed by atoms with van der Waals surface area (Å²) in [6, 6.07) is 19.2. The molecule has 9 nitrogen and oxygen atoms in total. The van der Waals surface area contributed by atoms with Crippen molar-refractivity contribution in [1.29, 1.82) is 0 Å². The highest BCUT2D eigenvalue weighted by Gasteiger charge is 2.35. The van der Waals surface area contributed by atoms with Gasteiger partial charge in [0.1, 0.15) is 17.5 Å². The van der Waals surface area contributed by atoms with Gasteiger partial charge in [-0.2, -0.15) is 0 Å². The Morgan fingerprint density at radius 2 is 1.76 bits per heavy atom. The quantitative estimate of drug-likeness (QED) is 0.234. The molecule has 1 aromatic heterocycles. The lowest BCUT2D eigenvalue weighted by atomic mass is 9.92. The molecule has 1 aliphatic heterocycles. The Balaban J connectivity index is 1.37. The third-order valence-corrected chi connectivity index (χ3v) is 8.02. The third-order valence-electron chi connectivity index (χ3n) is 6.84. The van der Waals surface area contributed by atoms with E-state index in [2.05, 4.69) is 9.71 Å². The van der Waals surface area contributed by atoms with Crippen LogP contribution in [0.2, 0.25) is 10.0 Å². The zero-order valence-electron chi connectivity index (χ0n) is 22.1. The molecule has 0 saturated heterocycles. The Morgan fingerprint density at radius 1 is 1.07 bits per heavy atom. The molecule has 1 aliphatic rings. The van der Waals surface area contributed by atoms with Crippen molar-refractivity contribution in [3.8, 4) is 11.5 Å². The van der Waals surface area contributed by atoms with Crippen LogP contribution in [0.1, 0.15) is 29.3 Å². The summed E-state index contributed by atoms with van der Waals surface area (Å²) in [6.07, 6.45) is 0.547. The number of carbonyl (C=O) groups is 1. The van der Waals surface area contributed by atoms with Crippen LogP contribution in [0.5, 0.6) is 11.5 Å². The maximum absolute atomic E-state index is 13.4. The third kappa shape index (κ3) is 7.14. The first-order valence-corrected chi connectivity index (χ1v) is 15.6. The molecule has 4 aromatic rings. The number of H-pyrrole nitrogens is 1. The van der Waals surface area contributed by atoms with E-state index < -0.39 is 28.3 Å². The molecule has 0 spiro atoms. The number of ether oxygens (including phenoxy) is 2. The highest BCUT2D eigenvalue weighted by atomic mass is 35.5. The minimum atomic E-state index is -3.38. The highest BCUT2D eigenvalue weighted by molar-refractivity contribution is 7.88. The summed E-state index contributed by atoms with van der Waals surface area (Å²) < 4.78 is 36.2. The van der Waals surface area contributed by atoms with Crippen molar-refractivity contribution in [2.75, 3.05) is 26.0 Å². The number of carbonyl (C=O) groups excluding carboxylic acids is 1. The molecule has 0 aliphatic carbocycles. The second-order valence-electron chi connectivity index (χ2n) is 9.86. The van der Waals surface area contributed by atoms with E-state index in [4.69, 9.17) is 32.7 Å². The summed E-state index contributed by atoms with van der Waals surface area (Å²) >= 11 is 12.3. The van der Waals surface area contributed by atoms with Gasteiger partial charge in [-0.15, -0.1) is 0 Å². The van der Waals surface area contributed by atoms with E-state index in [-0.39, 0.29) is 19.6 Å². The molecule has 5 rings (SSSR count). The van der Waals surface area contributed by atoms with Crippen LogP contribution >= 0.6 is 23.2 Å². The predicted octanol–water partition coefficient (Wildman–Crippen LogP) is 5.30. The molecule has 3 aromatic carbocycles. The maximum Gasteiger partial charge on any atom is 0.416 e. The molecule has 2 heterocycles. The number of benzene rings is 3. The number of aliphatic hydroxyl groups excluding tert-OH is 1. The highest BCUT2D eigenvalue weighted by Crippen LogP contribution is 2.40. The lowest BCUT2D eigenvalue weighted by Crippen LogP contribution is -2.42. The Labute approximate surface area is 248 Å². The van der Waals surface area contributed by atoms with Gasteiger partial charge in [0, 0.05) is 46.2 Å². The van der Waals surface area contributed by atoms with Crippen molar-refractivity contribution in [1.82, 2.24) is 14.6 Å². The summed E-state index contributed by atoms with van der Waals surface area (Å²) in [6.45, 7) is 0.547. The predicted molar refractivity (Wildman–Crippen MR) is 158 cm³/mol. The van der Waals surface area contributed by atoms with Gasteiger partial charge in [-0.25, -0.2) is 17.9 Å². The van der Waals surface area contributed by atoms with Gasteiger partial charge >= 0.3 is 6.09 Å². The molecule has 2 atom stereocenters. The SMILES string of the molecule is CS(=O)(=O)NCC(O)CCOc1ccc(C2c3[nH]c4ccc(Cl)cc4c3CCN2C(=O)Oc2ccc(Cl)cc2)cc1. The van der Waals surface area contributed by atoms with Crippen LogP contribution in [0, 0.1) is 0 Å². The topological polar surface area (TPSA) is 121 Å². The summed E-state index contributed by atoms with van der Waals surface area (Å²) in [7, 11) is -3.38. The molecular formula is C29H29Cl2N3O6S. The smallest absolute Gasteiger partial charge is 0.416 e. The second-order valence-corrected chi connectivity index (χ2v) is 12.6. The minimum absolute atomic E-state index is 0.0805. The Bertz CT molecular complexity index is 1640. The van der Waals surface area contributed by atoms with Crippen molar-refractivity contribution in [2.45, 2.75) is 25.0 Å². The monoisotopic (exact) mass is 617 g/mol. The van der Waals surface area contributed by atoms with Crippen LogP contribution in [-0.2, 0) is 16.4 Å². The van der Waals surface area contributed by atoms with Crippen molar-refractivity contribution >= 4 is 50.2 Å². The van der Waals surface area contributed by atoms with Crippen LogP contribution in [-0.4, -0.2) is 61.6 Å². The number of sulfonamides is 1. The van der Waals surface area contributed by atoms with Gasteiger partial charge in [0.05, 0.1) is 19.0 Å². The fourth-order valence-corrected chi connectivity index (χ4v) is 5.67. The minimum Gasteiger partial charge on any atom is -0.493 e. The fraction of sp³-hybridized carbons (Fsp3) is 0.276. The van der Waals surface area contributed by atoms with E-state index in [0.29, 0.717) is 34.5 Å². The molecule has 2 unspecified atom stereocenters. The fourth-order valence-electron chi connectivity index (χ4n) is 4.87. The van der Waals surface area contributed by atoms with E-state index in [9.17, 15) is 18.3 Å². The van der Waals surface area contributed by atoms with Crippen molar-refractivity contribution in [3.63, 3.8) is 0 Å². The average molecular weight is 619 g/mol. The molecule has 0 fully saturated rings. The van der Waals surface area contributed by atoms with Gasteiger partial charge < -0.3 is 19.6 Å². The number of nitrogens with one attached hydrogen (secondary N) is 2. The van der Waals surface area contributed by atoms with Gasteiger partial charge in [0.15, 0.2) is 0 Å². The molecule has 1 amide bonds. The van der Waals surface area contributed by atoms with Gasteiger partial charge in [-0.05, 0) is 72.1 Å². The Morgan fingerprint density at radius 3 is 2.46 bits per heavy atom. The van der Waals surface area contributed by atoms with Gasteiger partial charge in [0.25, 0.3) is 0 Å². The number of amides is 1. The van der Waals surface area contributed by atoms with E-state index in [0.717, 1.165) is 34.0 Å². The first-order valence-electron chi connectivity index (χ1n) is 13.0. The molecule has 216 valence electrons. The molecule has 12 heteroatoms. The first kappa shape index (κ1) is 29.2. The largest absolute Gasteiger partial charge is 0.493 e. The van der Waals surface area contributed by atoms with Crippen LogP contribution in [0.15, 0.2) is 66.7 Å². The van der Waals surface area contributed by atoms with Crippen LogP contribution < -0.4 is 14.2 Å². The average Bonchev–Trinajstić information content (AvgIpc) is 3.30. The molecular weight excluding hydrogens is 589 g/mol. The van der Waals surface area contributed by atoms with Crippen LogP contribution in [0.25, 0.3) is 10.9 Å². The zero-order valence-corrected chi connectivity index (χ0v) is 24.5. The van der Waals surface area contributed by atoms with E-state index in [1.165, 1.54) is 0 Å². The van der Waals surface area contributed by atoms with E-state index in [1.54, 1.807) is 41.3 Å². The van der Waals surface area contributed by atoms with Gasteiger partial charge in [-0.1, -0.05) is 35.3 Å². The summed E-state index contributed by atoms with van der Waals surface area (Å²) in [5, 5.41) is 12.2. The maximum atomic E-state index is 13.4. The molecule has 0 bridgehead atoms. The molecule has 3 N–H and O–H groups in total. The van der Waals surface area contributed by atoms with Crippen LogP contribution in [0.4, 0.5) is 4.79 Å². The number of hydrogen-bond acceptors (Lipinski definition) is 6. The number of rotatable bonds is 9. The lowest BCUT2D eigenvalue weighted by Gasteiger charge is -2.35.